The first kappa shape index (κ1) is 19.6. The number of thiazole rings is 1. The minimum Gasteiger partial charge on any atom is -0.496 e. The van der Waals surface area contributed by atoms with Crippen molar-refractivity contribution in [1.29, 1.82) is 0 Å². The smallest absolute Gasteiger partial charge is 0.226 e. The van der Waals surface area contributed by atoms with Crippen LogP contribution in [0.15, 0.2) is 53.9 Å². The number of benzene rings is 2. The van der Waals surface area contributed by atoms with Gasteiger partial charge in [0, 0.05) is 35.7 Å². The summed E-state index contributed by atoms with van der Waals surface area (Å²) in [6.45, 7) is 1.87. The predicted octanol–water partition coefficient (Wildman–Crippen LogP) is 3.64. The lowest BCUT2D eigenvalue weighted by molar-refractivity contribution is -0.120. The van der Waals surface area contributed by atoms with Crippen LogP contribution in [0.1, 0.15) is 18.2 Å². The average molecular weight is 395 g/mol. The van der Waals surface area contributed by atoms with E-state index in [1.54, 1.807) is 7.11 Å². The third-order valence-electron chi connectivity index (χ3n) is 3.99. The average Bonchev–Trinajstić information content (AvgIpc) is 3.14. The van der Waals surface area contributed by atoms with Crippen molar-refractivity contribution in [2.45, 2.75) is 19.9 Å². The Kier molecular flexibility index (Phi) is 6.39. The van der Waals surface area contributed by atoms with Gasteiger partial charge in [0.1, 0.15) is 10.8 Å². The number of nitrogens with one attached hydrogen (secondary N) is 2. The Hall–Kier alpha value is -3.19. The van der Waals surface area contributed by atoms with Crippen LogP contribution in [0.3, 0.4) is 0 Å². The second kappa shape index (κ2) is 9.14. The number of carbonyl (C=O) groups is 2. The summed E-state index contributed by atoms with van der Waals surface area (Å²) < 4.78 is 5.29. The molecule has 0 bridgehead atoms. The summed E-state index contributed by atoms with van der Waals surface area (Å²) in [7, 11) is 1.61. The van der Waals surface area contributed by atoms with E-state index in [1.165, 1.54) is 18.3 Å². The molecule has 0 aliphatic heterocycles. The molecule has 3 aromatic rings. The van der Waals surface area contributed by atoms with Gasteiger partial charge in [0.15, 0.2) is 0 Å². The molecule has 6 nitrogen and oxygen atoms in total. The van der Waals surface area contributed by atoms with Crippen LogP contribution in [-0.4, -0.2) is 23.9 Å². The molecule has 0 saturated carbocycles. The van der Waals surface area contributed by atoms with E-state index in [-0.39, 0.29) is 18.2 Å². The Morgan fingerprint density at radius 2 is 1.96 bits per heavy atom. The van der Waals surface area contributed by atoms with Gasteiger partial charge in [-0.25, -0.2) is 4.98 Å². The molecule has 0 saturated heterocycles. The first-order valence-electron chi connectivity index (χ1n) is 8.76. The molecule has 0 aliphatic rings. The summed E-state index contributed by atoms with van der Waals surface area (Å²) >= 11 is 1.47. The number of hydrogen-bond acceptors (Lipinski definition) is 5. The van der Waals surface area contributed by atoms with Crippen LogP contribution in [0.5, 0.6) is 5.75 Å². The highest BCUT2D eigenvalue weighted by molar-refractivity contribution is 7.13. The van der Waals surface area contributed by atoms with Crippen LogP contribution in [0.25, 0.3) is 10.6 Å². The molecular formula is C21H21N3O3S. The summed E-state index contributed by atoms with van der Waals surface area (Å²) in [6.07, 6.45) is 0.205. The quantitative estimate of drug-likeness (QED) is 0.640. The van der Waals surface area contributed by atoms with Gasteiger partial charge in [-0.1, -0.05) is 30.3 Å². The molecule has 2 aromatic carbocycles. The Labute approximate surface area is 167 Å². The number of para-hydroxylation sites is 1. The molecule has 7 heteroatoms. The fraction of sp³-hybridized carbons (Fsp3) is 0.190. The van der Waals surface area contributed by atoms with Crippen molar-refractivity contribution >= 4 is 28.8 Å². The molecule has 2 amide bonds. The molecule has 1 heterocycles. The zero-order chi connectivity index (χ0) is 19.9. The zero-order valence-electron chi connectivity index (χ0n) is 15.7. The molecule has 0 spiro atoms. The maximum Gasteiger partial charge on any atom is 0.226 e. The molecule has 0 fully saturated rings. The van der Waals surface area contributed by atoms with Gasteiger partial charge < -0.3 is 15.4 Å². The fourth-order valence-electron chi connectivity index (χ4n) is 2.72. The lowest BCUT2D eigenvalue weighted by atomic mass is 10.2. The largest absolute Gasteiger partial charge is 0.496 e. The Morgan fingerprint density at radius 1 is 1.14 bits per heavy atom. The third kappa shape index (κ3) is 5.17. The van der Waals surface area contributed by atoms with Gasteiger partial charge in [-0.15, -0.1) is 11.3 Å². The van der Waals surface area contributed by atoms with Gasteiger partial charge in [0.25, 0.3) is 0 Å². The van der Waals surface area contributed by atoms with Gasteiger partial charge in [-0.3, -0.25) is 9.59 Å². The van der Waals surface area contributed by atoms with E-state index >= 15 is 0 Å². The van der Waals surface area contributed by atoms with Crippen molar-refractivity contribution in [3.05, 3.63) is 65.2 Å². The van der Waals surface area contributed by atoms with Crippen LogP contribution in [-0.2, 0) is 22.6 Å². The van der Waals surface area contributed by atoms with Gasteiger partial charge in [-0.05, 0) is 18.2 Å². The van der Waals surface area contributed by atoms with Crippen molar-refractivity contribution < 1.29 is 14.3 Å². The van der Waals surface area contributed by atoms with E-state index < -0.39 is 0 Å². The van der Waals surface area contributed by atoms with Crippen LogP contribution in [0, 0.1) is 0 Å². The van der Waals surface area contributed by atoms with Crippen molar-refractivity contribution in [2.75, 3.05) is 12.4 Å². The van der Waals surface area contributed by atoms with E-state index in [0.717, 1.165) is 27.6 Å². The first-order valence-corrected chi connectivity index (χ1v) is 9.64. The second-order valence-corrected chi connectivity index (χ2v) is 7.03. The molecular weight excluding hydrogens is 374 g/mol. The Balaban J connectivity index is 1.61. The summed E-state index contributed by atoms with van der Waals surface area (Å²) in [5, 5.41) is 8.34. The maximum atomic E-state index is 12.3. The van der Waals surface area contributed by atoms with Crippen molar-refractivity contribution in [2.24, 2.45) is 0 Å². The normalized spacial score (nSPS) is 10.4. The lowest BCUT2D eigenvalue weighted by Crippen LogP contribution is -2.24. The number of rotatable bonds is 7. The monoisotopic (exact) mass is 395 g/mol. The van der Waals surface area contributed by atoms with E-state index in [0.29, 0.717) is 12.2 Å². The maximum absolute atomic E-state index is 12.3. The minimum absolute atomic E-state index is 0.102. The zero-order valence-corrected chi connectivity index (χ0v) is 16.5. The lowest BCUT2D eigenvalue weighted by Gasteiger charge is -2.09. The SMILES string of the molecule is COc1ccccc1CNC(=O)Cc1csc(-c2cccc(NC(C)=O)c2)n1. The molecule has 3 rings (SSSR count). The van der Waals surface area contributed by atoms with E-state index in [2.05, 4.69) is 15.6 Å². The standard InChI is InChI=1S/C21H21N3O3S/c1-14(25)23-17-8-5-7-15(10-17)21-24-18(13-28-21)11-20(26)22-12-16-6-3-4-9-19(16)27-2/h3-10,13H,11-12H2,1-2H3,(H,22,26)(H,23,25). The van der Waals surface area contributed by atoms with Crippen molar-refractivity contribution in [3.63, 3.8) is 0 Å². The van der Waals surface area contributed by atoms with Crippen LogP contribution in [0.4, 0.5) is 5.69 Å². The molecule has 0 atom stereocenters. The summed E-state index contributed by atoms with van der Waals surface area (Å²) in [6, 6.07) is 15.1. The number of ether oxygens (including phenoxy) is 1. The molecule has 28 heavy (non-hydrogen) atoms. The summed E-state index contributed by atoms with van der Waals surface area (Å²) in [5.74, 6) is 0.524. The van der Waals surface area contributed by atoms with Crippen molar-refractivity contribution in [3.8, 4) is 16.3 Å². The van der Waals surface area contributed by atoms with E-state index in [9.17, 15) is 9.59 Å². The van der Waals surface area contributed by atoms with Gasteiger partial charge >= 0.3 is 0 Å². The molecule has 0 aliphatic carbocycles. The highest BCUT2D eigenvalue weighted by Gasteiger charge is 2.11. The van der Waals surface area contributed by atoms with Crippen LogP contribution < -0.4 is 15.4 Å². The number of carbonyl (C=O) groups excluding carboxylic acids is 2. The summed E-state index contributed by atoms with van der Waals surface area (Å²) in [5.41, 5.74) is 3.25. The second-order valence-electron chi connectivity index (χ2n) is 6.17. The highest BCUT2D eigenvalue weighted by atomic mass is 32.1. The van der Waals surface area contributed by atoms with Gasteiger partial charge in [0.2, 0.25) is 11.8 Å². The molecule has 1 aromatic heterocycles. The van der Waals surface area contributed by atoms with Crippen LogP contribution >= 0.6 is 11.3 Å². The van der Waals surface area contributed by atoms with E-state index in [4.69, 9.17) is 4.74 Å². The highest BCUT2D eigenvalue weighted by Crippen LogP contribution is 2.26. The number of anilines is 1. The minimum atomic E-state index is -0.122. The third-order valence-corrected chi connectivity index (χ3v) is 4.93. The molecule has 2 N–H and O–H groups in total. The Morgan fingerprint density at radius 3 is 2.75 bits per heavy atom. The number of hydrogen-bond donors (Lipinski definition) is 2. The molecule has 0 radical (unpaired) electrons. The fourth-order valence-corrected chi connectivity index (χ4v) is 3.54. The number of aromatic nitrogens is 1. The topological polar surface area (TPSA) is 80.3 Å². The summed E-state index contributed by atoms with van der Waals surface area (Å²) in [4.78, 5) is 28.0. The molecule has 0 unspecified atom stereocenters. The molecule has 144 valence electrons. The predicted molar refractivity (Wildman–Crippen MR) is 110 cm³/mol. The van der Waals surface area contributed by atoms with Gasteiger partial charge in [0.05, 0.1) is 19.2 Å². The first-order chi connectivity index (χ1) is 13.5. The van der Waals surface area contributed by atoms with Crippen molar-refractivity contribution in [1.82, 2.24) is 10.3 Å². The van der Waals surface area contributed by atoms with E-state index in [1.807, 2.05) is 53.9 Å². The Bertz CT molecular complexity index is 984. The number of amides is 2. The number of nitrogens with zero attached hydrogens (tertiary/aromatic N) is 1. The number of methoxy groups -OCH3 is 1. The van der Waals surface area contributed by atoms with Gasteiger partial charge in [-0.2, -0.15) is 0 Å². The van der Waals surface area contributed by atoms with Crippen LogP contribution in [0.2, 0.25) is 0 Å².